The molecule has 0 unspecified atom stereocenters. The molecule has 1 aromatic carbocycles. The van der Waals surface area contributed by atoms with Crippen LogP contribution in [0.1, 0.15) is 12.0 Å². The molecule has 16 heavy (non-hydrogen) atoms. The van der Waals surface area contributed by atoms with Crippen molar-refractivity contribution in [1.29, 1.82) is 0 Å². The predicted octanol–water partition coefficient (Wildman–Crippen LogP) is 2.84. The largest absolute Gasteiger partial charge is 0.379 e. The fourth-order valence-electron chi connectivity index (χ4n) is 1.41. The van der Waals surface area contributed by atoms with Crippen LogP contribution in [0.2, 0.25) is 0 Å². The summed E-state index contributed by atoms with van der Waals surface area (Å²) < 4.78 is 10.6. The molecule has 0 spiro atoms. The van der Waals surface area contributed by atoms with Gasteiger partial charge in [0.2, 0.25) is 0 Å². The molecule has 2 heteroatoms. The van der Waals surface area contributed by atoms with Crippen LogP contribution in [-0.4, -0.2) is 26.4 Å². The fraction of sp³-hybridized carbons (Fsp3) is 0.429. The minimum Gasteiger partial charge on any atom is -0.379 e. The van der Waals surface area contributed by atoms with Crippen LogP contribution in [-0.2, 0) is 15.9 Å². The molecule has 2 nitrogen and oxygen atoms in total. The Hall–Kier alpha value is -1.12. The maximum Gasteiger partial charge on any atom is 0.0704 e. The zero-order valence-corrected chi connectivity index (χ0v) is 9.73. The van der Waals surface area contributed by atoms with Gasteiger partial charge in [-0.05, 0) is 18.4 Å². The average Bonchev–Trinajstić information content (AvgIpc) is 2.34. The summed E-state index contributed by atoms with van der Waals surface area (Å²) in [5.74, 6) is 0. The zero-order valence-electron chi connectivity index (χ0n) is 9.73. The van der Waals surface area contributed by atoms with Crippen LogP contribution in [0, 0.1) is 0 Å². The molecule has 0 atom stereocenters. The number of hydrogen-bond acceptors (Lipinski definition) is 2. The van der Waals surface area contributed by atoms with Crippen LogP contribution in [0.25, 0.3) is 0 Å². The molecule has 88 valence electrons. The minimum atomic E-state index is 0.605. The van der Waals surface area contributed by atoms with E-state index in [2.05, 4.69) is 30.8 Å². The van der Waals surface area contributed by atoms with E-state index < -0.39 is 0 Å². The smallest absolute Gasteiger partial charge is 0.0704 e. The van der Waals surface area contributed by atoms with E-state index in [1.165, 1.54) is 5.56 Å². The molecular weight excluding hydrogens is 200 g/mol. The van der Waals surface area contributed by atoms with E-state index in [0.29, 0.717) is 19.8 Å². The van der Waals surface area contributed by atoms with Gasteiger partial charge in [0.15, 0.2) is 0 Å². The maximum atomic E-state index is 5.44. The third kappa shape index (κ3) is 6.38. The Morgan fingerprint density at radius 1 is 1.00 bits per heavy atom. The normalized spacial score (nSPS) is 10.2. The van der Waals surface area contributed by atoms with Crippen molar-refractivity contribution in [2.45, 2.75) is 12.8 Å². The third-order valence-electron chi connectivity index (χ3n) is 2.20. The lowest BCUT2D eigenvalue weighted by Gasteiger charge is -2.04. The van der Waals surface area contributed by atoms with Crippen molar-refractivity contribution in [1.82, 2.24) is 0 Å². The summed E-state index contributed by atoms with van der Waals surface area (Å²) in [6.07, 6.45) is 3.88. The lowest BCUT2D eigenvalue weighted by atomic mass is 10.1. The van der Waals surface area contributed by atoms with Gasteiger partial charge in [-0.1, -0.05) is 36.4 Å². The Morgan fingerprint density at radius 2 is 1.75 bits per heavy atom. The van der Waals surface area contributed by atoms with Crippen LogP contribution in [0.3, 0.4) is 0 Å². The molecule has 0 amide bonds. The van der Waals surface area contributed by atoms with Gasteiger partial charge in [0, 0.05) is 6.61 Å². The number of ether oxygens (including phenoxy) is 2. The first kappa shape index (κ1) is 12.9. The van der Waals surface area contributed by atoms with Gasteiger partial charge < -0.3 is 9.47 Å². The molecule has 0 saturated heterocycles. The maximum absolute atomic E-state index is 5.44. The average molecular weight is 220 g/mol. The van der Waals surface area contributed by atoms with Crippen molar-refractivity contribution < 1.29 is 9.47 Å². The molecule has 0 aliphatic rings. The first-order valence-corrected chi connectivity index (χ1v) is 5.74. The number of aryl methyl sites for hydroxylation is 1. The Labute approximate surface area is 97.9 Å². The summed E-state index contributed by atoms with van der Waals surface area (Å²) in [6, 6.07) is 10.5. The molecule has 1 rings (SSSR count). The summed E-state index contributed by atoms with van der Waals surface area (Å²) in [5.41, 5.74) is 1.37. The molecule has 0 radical (unpaired) electrons. The molecule has 0 saturated carbocycles. The van der Waals surface area contributed by atoms with E-state index >= 15 is 0 Å². The molecule has 0 bridgehead atoms. The topological polar surface area (TPSA) is 18.5 Å². The highest BCUT2D eigenvalue weighted by Gasteiger charge is 1.92. The Kier molecular flexibility index (Phi) is 7.39. The van der Waals surface area contributed by atoms with E-state index in [-0.39, 0.29) is 0 Å². The highest BCUT2D eigenvalue weighted by molar-refractivity contribution is 5.14. The van der Waals surface area contributed by atoms with E-state index in [4.69, 9.17) is 9.47 Å². The van der Waals surface area contributed by atoms with E-state index in [1.54, 1.807) is 6.08 Å². The van der Waals surface area contributed by atoms with Crippen LogP contribution >= 0.6 is 0 Å². The van der Waals surface area contributed by atoms with Gasteiger partial charge in [-0.2, -0.15) is 0 Å². The predicted molar refractivity (Wildman–Crippen MR) is 66.6 cm³/mol. The second kappa shape index (κ2) is 9.13. The standard InChI is InChI=1S/C14H20O2/c1-2-10-15-12-13-16-11-6-9-14-7-4-3-5-8-14/h2-5,7-8H,1,6,9-13H2. The van der Waals surface area contributed by atoms with E-state index in [9.17, 15) is 0 Å². The molecule has 1 aromatic rings. The van der Waals surface area contributed by atoms with Gasteiger partial charge >= 0.3 is 0 Å². The van der Waals surface area contributed by atoms with Gasteiger partial charge in [-0.25, -0.2) is 0 Å². The fourth-order valence-corrected chi connectivity index (χ4v) is 1.41. The molecule has 0 aliphatic heterocycles. The summed E-state index contributed by atoms with van der Waals surface area (Å²) in [6.45, 7) is 6.30. The third-order valence-corrected chi connectivity index (χ3v) is 2.20. The summed E-state index contributed by atoms with van der Waals surface area (Å²) in [7, 11) is 0. The monoisotopic (exact) mass is 220 g/mol. The Balaban J connectivity index is 1.90. The van der Waals surface area contributed by atoms with Crippen molar-refractivity contribution in [3.05, 3.63) is 48.6 Å². The lowest BCUT2D eigenvalue weighted by molar-refractivity contribution is 0.0575. The molecule has 0 aromatic heterocycles. The van der Waals surface area contributed by atoms with Crippen molar-refractivity contribution in [2.24, 2.45) is 0 Å². The molecule has 0 N–H and O–H groups in total. The van der Waals surface area contributed by atoms with Gasteiger partial charge in [0.05, 0.1) is 19.8 Å². The van der Waals surface area contributed by atoms with Gasteiger partial charge in [-0.3, -0.25) is 0 Å². The van der Waals surface area contributed by atoms with Gasteiger partial charge in [-0.15, -0.1) is 6.58 Å². The van der Waals surface area contributed by atoms with Gasteiger partial charge in [0.1, 0.15) is 0 Å². The van der Waals surface area contributed by atoms with E-state index in [0.717, 1.165) is 19.4 Å². The van der Waals surface area contributed by atoms with Crippen LogP contribution in [0.15, 0.2) is 43.0 Å². The molecular formula is C14H20O2. The molecule has 0 heterocycles. The molecule has 0 aliphatic carbocycles. The summed E-state index contributed by atoms with van der Waals surface area (Å²) in [4.78, 5) is 0. The minimum absolute atomic E-state index is 0.605. The van der Waals surface area contributed by atoms with Crippen LogP contribution in [0.4, 0.5) is 0 Å². The number of rotatable bonds is 9. The van der Waals surface area contributed by atoms with Crippen molar-refractivity contribution >= 4 is 0 Å². The Morgan fingerprint density at radius 3 is 2.50 bits per heavy atom. The highest BCUT2D eigenvalue weighted by atomic mass is 16.5. The number of hydrogen-bond donors (Lipinski definition) is 0. The zero-order chi connectivity index (χ0) is 11.5. The second-order valence-corrected chi connectivity index (χ2v) is 3.57. The highest BCUT2D eigenvalue weighted by Crippen LogP contribution is 2.02. The first-order chi connectivity index (χ1) is 7.93. The Bertz CT molecular complexity index is 269. The van der Waals surface area contributed by atoms with Crippen LogP contribution in [0.5, 0.6) is 0 Å². The van der Waals surface area contributed by atoms with Crippen molar-refractivity contribution in [3.63, 3.8) is 0 Å². The number of benzene rings is 1. The first-order valence-electron chi connectivity index (χ1n) is 5.74. The molecule has 0 fully saturated rings. The quantitative estimate of drug-likeness (QED) is 0.470. The second-order valence-electron chi connectivity index (χ2n) is 3.57. The lowest BCUT2D eigenvalue weighted by Crippen LogP contribution is -2.05. The summed E-state index contributed by atoms with van der Waals surface area (Å²) >= 11 is 0. The SMILES string of the molecule is C=CCOCCOCCCc1ccccc1. The van der Waals surface area contributed by atoms with Gasteiger partial charge in [0.25, 0.3) is 0 Å². The van der Waals surface area contributed by atoms with Crippen LogP contribution < -0.4 is 0 Å². The van der Waals surface area contributed by atoms with Crippen molar-refractivity contribution in [2.75, 3.05) is 26.4 Å². The summed E-state index contributed by atoms with van der Waals surface area (Å²) in [5, 5.41) is 0. The van der Waals surface area contributed by atoms with Crippen molar-refractivity contribution in [3.8, 4) is 0 Å². The van der Waals surface area contributed by atoms with E-state index in [1.807, 2.05) is 6.07 Å².